The van der Waals surface area contributed by atoms with E-state index in [4.69, 9.17) is 4.74 Å². The zero-order valence-corrected chi connectivity index (χ0v) is 10.4. The number of ketones is 2. The number of ether oxygens (including phenoxy) is 1. The molecule has 0 aliphatic carbocycles. The summed E-state index contributed by atoms with van der Waals surface area (Å²) in [6.07, 6.45) is -0.825. The highest BCUT2D eigenvalue weighted by Crippen LogP contribution is 2.07. The number of nitrogens with one attached hydrogen (secondary N) is 1. The second kappa shape index (κ2) is 5.63. The maximum atomic E-state index is 11.4. The zero-order chi connectivity index (χ0) is 12.9. The van der Waals surface area contributed by atoms with E-state index in [0.717, 1.165) is 0 Å². The fourth-order valence-corrected chi connectivity index (χ4v) is 0.963. The van der Waals surface area contributed by atoms with E-state index in [1.807, 2.05) is 0 Å². The molecule has 0 rings (SSSR count). The lowest BCUT2D eigenvalue weighted by Crippen LogP contribution is -2.42. The van der Waals surface area contributed by atoms with Crippen molar-refractivity contribution in [1.82, 2.24) is 5.32 Å². The first kappa shape index (κ1) is 14.6. The third kappa shape index (κ3) is 6.98. The number of amides is 1. The van der Waals surface area contributed by atoms with Crippen molar-refractivity contribution in [3.63, 3.8) is 0 Å². The van der Waals surface area contributed by atoms with Gasteiger partial charge in [0, 0.05) is 0 Å². The smallest absolute Gasteiger partial charge is 0.408 e. The summed E-state index contributed by atoms with van der Waals surface area (Å²) in [5.74, 6) is -0.541. The predicted molar refractivity (Wildman–Crippen MR) is 59.1 cm³/mol. The Bertz CT molecular complexity index is 291. The minimum absolute atomic E-state index is 0.170. The van der Waals surface area contributed by atoms with Gasteiger partial charge in [0.05, 0.1) is 12.5 Å². The van der Waals surface area contributed by atoms with Crippen LogP contribution in [0.25, 0.3) is 0 Å². The molecule has 1 amide bonds. The summed E-state index contributed by atoms with van der Waals surface area (Å²) in [5, 5.41) is 2.38. The summed E-state index contributed by atoms with van der Waals surface area (Å²) < 4.78 is 4.98. The molecular formula is C11H19NO4. The molecular weight excluding hydrogens is 210 g/mol. The van der Waals surface area contributed by atoms with Gasteiger partial charge in [-0.25, -0.2) is 4.79 Å². The second-order valence-electron chi connectivity index (χ2n) is 4.71. The number of hydrogen-bond donors (Lipinski definition) is 1. The van der Waals surface area contributed by atoms with E-state index in [-0.39, 0.29) is 18.0 Å². The average molecular weight is 229 g/mol. The van der Waals surface area contributed by atoms with Gasteiger partial charge in [0.15, 0.2) is 5.78 Å². The molecule has 0 bridgehead atoms. The Balaban J connectivity index is 4.14. The molecule has 0 unspecified atom stereocenters. The molecule has 0 spiro atoms. The highest BCUT2D eigenvalue weighted by molar-refractivity contribution is 6.01. The Kier molecular flexibility index (Phi) is 5.14. The van der Waals surface area contributed by atoms with Gasteiger partial charge in [0.25, 0.3) is 0 Å². The minimum atomic E-state index is -0.709. The van der Waals surface area contributed by atoms with E-state index in [1.165, 1.54) is 13.8 Å². The highest BCUT2D eigenvalue weighted by atomic mass is 16.6. The van der Waals surface area contributed by atoms with Crippen LogP contribution >= 0.6 is 0 Å². The molecule has 0 aromatic carbocycles. The van der Waals surface area contributed by atoms with Gasteiger partial charge in [-0.1, -0.05) is 0 Å². The molecule has 16 heavy (non-hydrogen) atoms. The first-order valence-corrected chi connectivity index (χ1v) is 5.13. The van der Waals surface area contributed by atoms with Crippen LogP contribution in [-0.4, -0.2) is 29.3 Å². The Hall–Kier alpha value is -1.39. The molecule has 1 atom stereocenters. The molecule has 0 saturated heterocycles. The molecule has 0 aromatic rings. The topological polar surface area (TPSA) is 72.5 Å². The lowest BCUT2D eigenvalue weighted by atomic mass is 10.1. The molecule has 0 radical (unpaired) electrons. The molecule has 0 heterocycles. The maximum absolute atomic E-state index is 11.4. The Morgan fingerprint density at radius 1 is 1.25 bits per heavy atom. The Morgan fingerprint density at radius 2 is 1.75 bits per heavy atom. The molecule has 5 nitrogen and oxygen atoms in total. The molecule has 5 heteroatoms. The normalized spacial score (nSPS) is 12.8. The summed E-state index contributed by atoms with van der Waals surface area (Å²) in [5.41, 5.74) is -0.604. The summed E-state index contributed by atoms with van der Waals surface area (Å²) in [6.45, 7) is 8.05. The highest BCUT2D eigenvalue weighted by Gasteiger charge is 2.21. The summed E-state index contributed by atoms with van der Waals surface area (Å²) >= 11 is 0. The van der Waals surface area contributed by atoms with E-state index < -0.39 is 17.7 Å². The first-order chi connectivity index (χ1) is 7.11. The van der Waals surface area contributed by atoms with Crippen molar-refractivity contribution in [2.24, 2.45) is 0 Å². The number of rotatable bonds is 4. The predicted octanol–water partition coefficient (Wildman–Crippen LogP) is 1.45. The Morgan fingerprint density at radius 3 is 2.12 bits per heavy atom. The molecule has 1 N–H and O–H groups in total. The van der Waals surface area contributed by atoms with Gasteiger partial charge in [0.2, 0.25) is 0 Å². The van der Waals surface area contributed by atoms with Crippen LogP contribution in [0.4, 0.5) is 4.79 Å². The third-order valence-electron chi connectivity index (χ3n) is 1.64. The molecule has 0 saturated carbocycles. The van der Waals surface area contributed by atoms with Crippen molar-refractivity contribution in [3.8, 4) is 0 Å². The number of carbonyl (C=O) groups is 3. The third-order valence-corrected chi connectivity index (χ3v) is 1.64. The Labute approximate surface area is 95.5 Å². The zero-order valence-electron chi connectivity index (χ0n) is 10.4. The molecule has 0 aromatic heterocycles. The van der Waals surface area contributed by atoms with E-state index in [9.17, 15) is 14.4 Å². The van der Waals surface area contributed by atoms with Crippen LogP contribution in [0.2, 0.25) is 0 Å². The lowest BCUT2D eigenvalue weighted by molar-refractivity contribution is -0.127. The molecule has 0 aliphatic heterocycles. The monoisotopic (exact) mass is 229 g/mol. The number of carbonyl (C=O) groups excluding carboxylic acids is 3. The lowest BCUT2D eigenvalue weighted by Gasteiger charge is -2.21. The van der Waals surface area contributed by atoms with Crippen LogP contribution in [0.3, 0.4) is 0 Å². The number of Topliss-reactive ketones (excluding diaryl/α,β-unsaturated/α-hetero) is 2. The fraction of sp³-hybridized carbons (Fsp3) is 0.727. The SMILES string of the molecule is CC(=O)CC(=O)[C@@H](C)NC(=O)OC(C)(C)C. The van der Waals surface area contributed by atoms with Crippen LogP contribution in [0, 0.1) is 0 Å². The van der Waals surface area contributed by atoms with Crippen LogP contribution in [0.5, 0.6) is 0 Å². The van der Waals surface area contributed by atoms with Gasteiger partial charge < -0.3 is 10.1 Å². The second-order valence-corrected chi connectivity index (χ2v) is 4.71. The first-order valence-electron chi connectivity index (χ1n) is 5.13. The van der Waals surface area contributed by atoms with Gasteiger partial charge in [-0.15, -0.1) is 0 Å². The summed E-state index contributed by atoms with van der Waals surface area (Å²) in [6, 6.07) is -0.709. The van der Waals surface area contributed by atoms with Gasteiger partial charge >= 0.3 is 6.09 Å². The van der Waals surface area contributed by atoms with Crippen molar-refractivity contribution >= 4 is 17.7 Å². The van der Waals surface area contributed by atoms with Gasteiger partial charge in [-0.05, 0) is 34.6 Å². The van der Waals surface area contributed by atoms with E-state index >= 15 is 0 Å². The summed E-state index contributed by atoms with van der Waals surface area (Å²) in [7, 11) is 0. The molecule has 0 fully saturated rings. The fourth-order valence-electron chi connectivity index (χ4n) is 0.963. The van der Waals surface area contributed by atoms with Crippen molar-refractivity contribution in [2.75, 3.05) is 0 Å². The van der Waals surface area contributed by atoms with Gasteiger partial charge in [-0.3, -0.25) is 9.59 Å². The average Bonchev–Trinajstić information content (AvgIpc) is 1.98. The number of alkyl carbamates (subject to hydrolysis) is 1. The molecule has 92 valence electrons. The van der Waals surface area contributed by atoms with E-state index in [0.29, 0.717) is 0 Å². The van der Waals surface area contributed by atoms with Crippen LogP contribution < -0.4 is 5.32 Å². The van der Waals surface area contributed by atoms with Crippen molar-refractivity contribution in [1.29, 1.82) is 0 Å². The van der Waals surface area contributed by atoms with E-state index in [2.05, 4.69) is 5.32 Å². The largest absolute Gasteiger partial charge is 0.444 e. The minimum Gasteiger partial charge on any atom is -0.444 e. The van der Waals surface area contributed by atoms with Gasteiger partial charge in [-0.2, -0.15) is 0 Å². The quantitative estimate of drug-likeness (QED) is 0.740. The van der Waals surface area contributed by atoms with Crippen molar-refractivity contribution in [2.45, 2.75) is 52.7 Å². The van der Waals surface area contributed by atoms with Crippen LogP contribution in [0.1, 0.15) is 41.0 Å². The van der Waals surface area contributed by atoms with Gasteiger partial charge in [0.1, 0.15) is 11.4 Å². The van der Waals surface area contributed by atoms with E-state index in [1.54, 1.807) is 20.8 Å². The summed E-state index contributed by atoms with van der Waals surface area (Å²) in [4.78, 5) is 33.4. The van der Waals surface area contributed by atoms with Crippen LogP contribution in [-0.2, 0) is 14.3 Å². The molecule has 0 aliphatic rings. The maximum Gasteiger partial charge on any atom is 0.408 e. The standard InChI is InChI=1S/C11H19NO4/c1-7(13)6-9(14)8(2)12-10(15)16-11(3,4)5/h8H,6H2,1-5H3,(H,12,15)/t8-/m1/s1. The number of hydrogen-bond acceptors (Lipinski definition) is 4. The van der Waals surface area contributed by atoms with Crippen LogP contribution in [0.15, 0.2) is 0 Å². The van der Waals surface area contributed by atoms with Crippen molar-refractivity contribution in [3.05, 3.63) is 0 Å². The van der Waals surface area contributed by atoms with Crippen molar-refractivity contribution < 1.29 is 19.1 Å².